The zero-order valence-corrected chi connectivity index (χ0v) is 20.9. The van der Waals surface area contributed by atoms with Crippen LogP contribution in [0.15, 0.2) is 97.1 Å². The fourth-order valence-electron chi connectivity index (χ4n) is 3.66. The number of benzene rings is 4. The van der Waals surface area contributed by atoms with E-state index in [-0.39, 0.29) is 10.9 Å². The fraction of sp³-hybridized carbons (Fsp3) is 0. The average Bonchev–Trinajstić information content (AvgIpc) is 2.94. The first-order chi connectivity index (χ1) is 19.2. The number of carbonyl (C=O) groups excluding carboxylic acids is 3. The summed E-state index contributed by atoms with van der Waals surface area (Å²) in [6.07, 6.45) is 0. The van der Waals surface area contributed by atoms with Crippen LogP contribution in [-0.2, 0) is 0 Å². The van der Waals surface area contributed by atoms with Gasteiger partial charge in [0, 0.05) is 33.9 Å². The topological polar surface area (TPSA) is 180 Å². The van der Waals surface area contributed by atoms with Gasteiger partial charge in [-0.3, -0.25) is 9.59 Å². The van der Waals surface area contributed by atoms with Crippen molar-refractivity contribution in [1.82, 2.24) is 0 Å². The smallest absolute Gasteiger partial charge is 0.423 e. The van der Waals surface area contributed by atoms with Crippen molar-refractivity contribution in [3.8, 4) is 0 Å². The highest BCUT2D eigenvalue weighted by Crippen LogP contribution is 2.15. The van der Waals surface area contributed by atoms with Gasteiger partial charge in [0.2, 0.25) is 0 Å². The Balaban J connectivity index is 1.29. The summed E-state index contributed by atoms with van der Waals surface area (Å²) in [5.74, 6) is -0.827. The van der Waals surface area contributed by atoms with E-state index in [0.29, 0.717) is 33.9 Å². The number of rotatable bonds is 8. The Kier molecular flexibility index (Phi) is 8.94. The molecule has 13 heteroatoms. The van der Waals surface area contributed by atoms with Crippen molar-refractivity contribution in [2.45, 2.75) is 0 Å². The van der Waals surface area contributed by atoms with Crippen LogP contribution in [0, 0.1) is 0 Å². The molecule has 0 bridgehead atoms. The van der Waals surface area contributed by atoms with Crippen LogP contribution in [-0.4, -0.2) is 52.2 Å². The molecule has 0 aliphatic carbocycles. The molecule has 4 aromatic rings. The summed E-state index contributed by atoms with van der Waals surface area (Å²) in [4.78, 5) is 37.4. The molecule has 0 aliphatic heterocycles. The van der Waals surface area contributed by atoms with E-state index in [1.54, 1.807) is 48.5 Å². The maximum absolute atomic E-state index is 12.5. The standard InChI is InChI=1S/C27H24B2N4O7/c34-25(30-23-5-1-3-19(15-23)28(37)38)17-7-11-21(12-8-17)32-27(36)33-22-13-9-18(10-14-22)26(35)31-24-6-2-4-20(16-24)29(39)40/h1-16,37-40H,(H,30,34)(H,31,35)(H2,32,33,36). The van der Waals surface area contributed by atoms with Crippen LogP contribution < -0.4 is 32.2 Å². The van der Waals surface area contributed by atoms with Crippen molar-refractivity contribution in [2.75, 3.05) is 21.3 Å². The quantitative estimate of drug-likeness (QED) is 0.155. The molecular formula is C27H24B2N4O7. The van der Waals surface area contributed by atoms with Gasteiger partial charge < -0.3 is 41.4 Å². The van der Waals surface area contributed by atoms with Crippen molar-refractivity contribution in [3.63, 3.8) is 0 Å². The highest BCUT2D eigenvalue weighted by Gasteiger charge is 2.14. The molecule has 0 fully saturated rings. The van der Waals surface area contributed by atoms with E-state index < -0.39 is 32.1 Å². The van der Waals surface area contributed by atoms with Crippen LogP contribution in [0.5, 0.6) is 0 Å². The number of hydrogen-bond donors (Lipinski definition) is 8. The number of nitrogens with one attached hydrogen (secondary N) is 4. The third-order valence-electron chi connectivity index (χ3n) is 5.70. The second-order valence-electron chi connectivity index (χ2n) is 8.64. The fourth-order valence-corrected chi connectivity index (χ4v) is 3.66. The minimum atomic E-state index is -1.65. The normalized spacial score (nSPS) is 10.3. The first-order valence-electron chi connectivity index (χ1n) is 12.0. The maximum atomic E-state index is 12.5. The van der Waals surface area contributed by atoms with E-state index in [1.807, 2.05) is 0 Å². The lowest BCUT2D eigenvalue weighted by Gasteiger charge is -2.10. The molecule has 4 amide bonds. The summed E-state index contributed by atoms with van der Waals surface area (Å²) in [7, 11) is -3.30. The zero-order chi connectivity index (χ0) is 28.6. The van der Waals surface area contributed by atoms with E-state index in [1.165, 1.54) is 48.5 Å². The number of carbonyl (C=O) groups is 3. The lowest BCUT2D eigenvalue weighted by molar-refractivity contribution is 0.101. The van der Waals surface area contributed by atoms with Gasteiger partial charge in [0.1, 0.15) is 0 Å². The van der Waals surface area contributed by atoms with E-state index >= 15 is 0 Å². The molecule has 0 saturated heterocycles. The highest BCUT2D eigenvalue weighted by molar-refractivity contribution is 6.59. The SMILES string of the molecule is O=C(Nc1ccc(C(=O)Nc2cccc(B(O)O)c2)cc1)Nc1ccc(C(=O)Nc2cccc(B(O)O)c2)cc1. The number of urea groups is 1. The summed E-state index contributed by atoms with van der Waals surface area (Å²) in [6, 6.07) is 24.1. The second-order valence-corrected chi connectivity index (χ2v) is 8.64. The molecule has 0 unspecified atom stereocenters. The highest BCUT2D eigenvalue weighted by atomic mass is 16.4. The van der Waals surface area contributed by atoms with Crippen molar-refractivity contribution in [3.05, 3.63) is 108 Å². The minimum absolute atomic E-state index is 0.243. The minimum Gasteiger partial charge on any atom is -0.423 e. The summed E-state index contributed by atoms with van der Waals surface area (Å²) in [5, 5.41) is 47.7. The van der Waals surface area contributed by atoms with Crippen LogP contribution >= 0.6 is 0 Å². The second kappa shape index (κ2) is 12.7. The molecule has 200 valence electrons. The number of amides is 4. The van der Waals surface area contributed by atoms with Crippen molar-refractivity contribution in [2.24, 2.45) is 0 Å². The number of hydrogen-bond acceptors (Lipinski definition) is 7. The van der Waals surface area contributed by atoms with E-state index in [9.17, 15) is 34.5 Å². The van der Waals surface area contributed by atoms with Gasteiger partial charge in [0.05, 0.1) is 0 Å². The van der Waals surface area contributed by atoms with Crippen LogP contribution in [0.3, 0.4) is 0 Å². The Morgan fingerprint density at radius 2 is 0.850 bits per heavy atom. The van der Waals surface area contributed by atoms with Gasteiger partial charge in [-0.2, -0.15) is 0 Å². The molecule has 0 atom stereocenters. The van der Waals surface area contributed by atoms with Gasteiger partial charge in [0.15, 0.2) is 0 Å². The summed E-state index contributed by atoms with van der Waals surface area (Å²) < 4.78 is 0. The first kappa shape index (κ1) is 28.1. The van der Waals surface area contributed by atoms with E-state index in [4.69, 9.17) is 0 Å². The molecule has 0 spiro atoms. The molecule has 0 saturated carbocycles. The molecule has 4 rings (SSSR count). The van der Waals surface area contributed by atoms with Gasteiger partial charge in [-0.25, -0.2) is 4.79 Å². The van der Waals surface area contributed by atoms with E-state index in [2.05, 4.69) is 21.3 Å². The Bertz CT molecular complexity index is 1400. The van der Waals surface area contributed by atoms with Gasteiger partial charge in [0.25, 0.3) is 11.8 Å². The first-order valence-corrected chi connectivity index (χ1v) is 12.0. The van der Waals surface area contributed by atoms with Crippen molar-refractivity contribution < 1.29 is 34.5 Å². The van der Waals surface area contributed by atoms with E-state index in [0.717, 1.165) is 0 Å². The molecule has 0 radical (unpaired) electrons. The van der Waals surface area contributed by atoms with Crippen LogP contribution in [0.2, 0.25) is 0 Å². The Labute approximate surface area is 229 Å². The molecule has 8 N–H and O–H groups in total. The van der Waals surface area contributed by atoms with Crippen molar-refractivity contribution in [1.29, 1.82) is 0 Å². The van der Waals surface area contributed by atoms with Gasteiger partial charge in [-0.1, -0.05) is 24.3 Å². The average molecular weight is 538 g/mol. The predicted molar refractivity (Wildman–Crippen MR) is 154 cm³/mol. The van der Waals surface area contributed by atoms with Crippen LogP contribution in [0.25, 0.3) is 0 Å². The Morgan fingerprint density at radius 1 is 0.475 bits per heavy atom. The lowest BCUT2D eigenvalue weighted by atomic mass is 9.80. The summed E-state index contributed by atoms with van der Waals surface area (Å²) >= 11 is 0. The predicted octanol–water partition coefficient (Wildman–Crippen LogP) is 1.19. The Morgan fingerprint density at radius 3 is 1.20 bits per heavy atom. The lowest BCUT2D eigenvalue weighted by Crippen LogP contribution is -2.30. The Hall–Kier alpha value is -4.94. The monoisotopic (exact) mass is 538 g/mol. The summed E-state index contributed by atoms with van der Waals surface area (Å²) in [6.45, 7) is 0. The molecule has 40 heavy (non-hydrogen) atoms. The molecule has 4 aromatic carbocycles. The van der Waals surface area contributed by atoms with Gasteiger partial charge in [-0.15, -0.1) is 0 Å². The molecule has 11 nitrogen and oxygen atoms in total. The molecule has 0 heterocycles. The third-order valence-corrected chi connectivity index (χ3v) is 5.70. The molecular weight excluding hydrogens is 514 g/mol. The molecule has 0 aliphatic rings. The molecule has 0 aromatic heterocycles. The van der Waals surface area contributed by atoms with Crippen LogP contribution in [0.4, 0.5) is 27.5 Å². The van der Waals surface area contributed by atoms with Crippen LogP contribution in [0.1, 0.15) is 20.7 Å². The zero-order valence-electron chi connectivity index (χ0n) is 20.9. The van der Waals surface area contributed by atoms with Gasteiger partial charge >= 0.3 is 20.3 Å². The van der Waals surface area contributed by atoms with Gasteiger partial charge in [-0.05, 0) is 83.7 Å². The third kappa shape index (κ3) is 7.56. The maximum Gasteiger partial charge on any atom is 0.488 e. The summed E-state index contributed by atoms with van der Waals surface area (Å²) in [5.41, 5.74) is 2.81. The number of anilines is 4. The van der Waals surface area contributed by atoms with Crippen molar-refractivity contribution >= 4 is 65.8 Å². The largest absolute Gasteiger partial charge is 0.488 e.